The molecule has 42 heavy (non-hydrogen) atoms. The predicted octanol–water partition coefficient (Wildman–Crippen LogP) is 4.92. The molecule has 9 nitrogen and oxygen atoms in total. The number of alkyl halides is 2. The number of rotatable bonds is 9. The average Bonchev–Trinajstić information content (AvgIpc) is 2.97. The summed E-state index contributed by atoms with van der Waals surface area (Å²) < 4.78 is 76.2. The average molecular weight is 603 g/mol. The molecule has 1 saturated heterocycles. The minimum atomic E-state index is -3.96. The van der Waals surface area contributed by atoms with Crippen molar-refractivity contribution in [3.8, 4) is 0 Å². The van der Waals surface area contributed by atoms with Gasteiger partial charge in [0.15, 0.2) is 6.23 Å². The van der Waals surface area contributed by atoms with E-state index in [-0.39, 0.29) is 16.3 Å². The highest BCUT2D eigenvalue weighted by molar-refractivity contribution is 7.93. The van der Waals surface area contributed by atoms with Crippen molar-refractivity contribution >= 4 is 27.7 Å². The van der Waals surface area contributed by atoms with Crippen molar-refractivity contribution in [3.05, 3.63) is 87.3 Å². The minimum absolute atomic E-state index is 0.0111. The van der Waals surface area contributed by atoms with Crippen molar-refractivity contribution in [2.45, 2.75) is 39.1 Å². The van der Waals surface area contributed by atoms with E-state index in [0.29, 0.717) is 43.4 Å². The van der Waals surface area contributed by atoms with E-state index in [1.165, 1.54) is 29.6 Å². The first kappa shape index (κ1) is 30.0. The number of fused-ring (bicyclic) bond motifs is 1. The van der Waals surface area contributed by atoms with Gasteiger partial charge in [-0.3, -0.25) is 4.90 Å². The van der Waals surface area contributed by atoms with Gasteiger partial charge < -0.3 is 15.4 Å². The second-order valence-corrected chi connectivity index (χ2v) is 12.2. The van der Waals surface area contributed by atoms with Crippen LogP contribution in [0.2, 0.25) is 0 Å². The molecule has 2 atom stereocenters. The van der Waals surface area contributed by atoms with E-state index in [0.717, 1.165) is 18.2 Å². The molecule has 2 aliphatic heterocycles. The second-order valence-electron chi connectivity index (χ2n) is 10.3. The van der Waals surface area contributed by atoms with Crippen LogP contribution >= 0.6 is 0 Å². The summed E-state index contributed by atoms with van der Waals surface area (Å²) in [6.07, 6.45) is -2.49. The van der Waals surface area contributed by atoms with Crippen LogP contribution in [0.5, 0.6) is 0 Å². The Morgan fingerprint density at radius 1 is 1.05 bits per heavy atom. The third-order valence-corrected chi connectivity index (χ3v) is 9.41. The van der Waals surface area contributed by atoms with Gasteiger partial charge in [-0.1, -0.05) is 48.5 Å². The molecule has 1 fully saturated rings. The van der Waals surface area contributed by atoms with E-state index >= 15 is 0 Å². The zero-order valence-electron chi connectivity index (χ0n) is 23.5. The summed E-state index contributed by atoms with van der Waals surface area (Å²) in [5.41, 5.74) is 0.840. The SMILES string of the molecule is COC1Nc2nc(C)nc(N[C@H](C)c3cccc(C(F)F)c3F)c2C=C1S(=O)(=O)N1CCN(Cc2ccccc2)CC1. The fraction of sp³-hybridized carbons (Fsp3) is 0.379. The summed E-state index contributed by atoms with van der Waals surface area (Å²) in [7, 11) is -2.56. The Kier molecular flexibility index (Phi) is 8.83. The van der Waals surface area contributed by atoms with Crippen LogP contribution in [0.1, 0.15) is 47.5 Å². The number of methoxy groups -OCH3 is 1. The number of sulfonamides is 1. The van der Waals surface area contributed by atoms with Gasteiger partial charge in [-0.15, -0.1) is 0 Å². The fourth-order valence-electron chi connectivity index (χ4n) is 5.21. The van der Waals surface area contributed by atoms with Gasteiger partial charge >= 0.3 is 0 Å². The van der Waals surface area contributed by atoms with E-state index < -0.39 is 40.1 Å². The molecule has 1 aromatic heterocycles. The molecular formula is C29H33F3N6O3S. The molecule has 3 heterocycles. The van der Waals surface area contributed by atoms with Crippen LogP contribution in [-0.2, 0) is 21.3 Å². The molecule has 224 valence electrons. The number of piperazine rings is 1. The summed E-state index contributed by atoms with van der Waals surface area (Å²) in [6, 6.07) is 13.1. The molecule has 0 aliphatic carbocycles. The Hall–Kier alpha value is -3.52. The molecule has 0 radical (unpaired) electrons. The normalized spacial score (nSPS) is 18.7. The topological polar surface area (TPSA) is 99.7 Å². The Morgan fingerprint density at radius 2 is 1.74 bits per heavy atom. The van der Waals surface area contributed by atoms with E-state index in [4.69, 9.17) is 4.74 Å². The summed E-state index contributed by atoms with van der Waals surface area (Å²) in [6.45, 7) is 5.75. The molecule has 1 unspecified atom stereocenters. The van der Waals surface area contributed by atoms with E-state index in [1.54, 1.807) is 13.8 Å². The predicted molar refractivity (Wildman–Crippen MR) is 155 cm³/mol. The van der Waals surface area contributed by atoms with Crippen molar-refractivity contribution in [2.24, 2.45) is 0 Å². The van der Waals surface area contributed by atoms with Crippen LogP contribution in [0.25, 0.3) is 6.08 Å². The number of nitrogens with one attached hydrogen (secondary N) is 2. The van der Waals surface area contributed by atoms with Crippen molar-refractivity contribution in [1.82, 2.24) is 19.2 Å². The van der Waals surface area contributed by atoms with Crippen molar-refractivity contribution in [1.29, 1.82) is 0 Å². The summed E-state index contributed by atoms with van der Waals surface area (Å²) >= 11 is 0. The maximum atomic E-state index is 14.9. The molecule has 2 aliphatic rings. The first-order valence-electron chi connectivity index (χ1n) is 13.6. The van der Waals surface area contributed by atoms with Crippen LogP contribution in [0.15, 0.2) is 53.4 Å². The number of benzene rings is 2. The number of nitrogens with zero attached hydrogens (tertiary/aromatic N) is 4. The van der Waals surface area contributed by atoms with Gasteiger partial charge in [-0.2, -0.15) is 4.31 Å². The molecule has 2 N–H and O–H groups in total. The van der Waals surface area contributed by atoms with Crippen LogP contribution in [0.4, 0.5) is 24.8 Å². The van der Waals surface area contributed by atoms with Gasteiger partial charge in [0.2, 0.25) is 10.0 Å². The van der Waals surface area contributed by atoms with Crippen molar-refractivity contribution in [3.63, 3.8) is 0 Å². The number of aromatic nitrogens is 2. The number of anilines is 2. The van der Waals surface area contributed by atoms with Crippen LogP contribution in [0.3, 0.4) is 0 Å². The van der Waals surface area contributed by atoms with E-state index in [9.17, 15) is 21.6 Å². The third-order valence-electron chi connectivity index (χ3n) is 7.44. The van der Waals surface area contributed by atoms with Crippen molar-refractivity contribution in [2.75, 3.05) is 43.9 Å². The lowest BCUT2D eigenvalue weighted by Crippen LogP contribution is -2.50. The summed E-state index contributed by atoms with van der Waals surface area (Å²) in [5.74, 6) is -0.0800. The van der Waals surface area contributed by atoms with Crippen LogP contribution in [0, 0.1) is 12.7 Å². The molecule has 0 spiro atoms. The van der Waals surface area contributed by atoms with Gasteiger partial charge in [-0.25, -0.2) is 31.6 Å². The molecular weight excluding hydrogens is 569 g/mol. The second kappa shape index (κ2) is 12.4. The monoisotopic (exact) mass is 602 g/mol. The summed E-state index contributed by atoms with van der Waals surface area (Å²) in [4.78, 5) is 11.0. The Labute approximate surface area is 243 Å². The fourth-order valence-corrected chi connectivity index (χ4v) is 6.84. The van der Waals surface area contributed by atoms with Gasteiger partial charge in [0, 0.05) is 45.4 Å². The first-order chi connectivity index (χ1) is 20.1. The highest BCUT2D eigenvalue weighted by Gasteiger charge is 2.38. The van der Waals surface area contributed by atoms with Crippen LogP contribution < -0.4 is 10.6 Å². The van der Waals surface area contributed by atoms with Gasteiger partial charge in [-0.05, 0) is 25.5 Å². The lowest BCUT2D eigenvalue weighted by Gasteiger charge is -2.36. The number of hydrogen-bond donors (Lipinski definition) is 2. The number of halogens is 3. The van der Waals surface area contributed by atoms with Gasteiger partial charge in [0.05, 0.1) is 17.2 Å². The molecule has 13 heteroatoms. The smallest absolute Gasteiger partial charge is 0.266 e. The van der Waals surface area contributed by atoms with Crippen LogP contribution in [-0.4, -0.2) is 67.1 Å². The standard InChI is InChI=1S/C29H33F3N6O3S/c1-18(21-10-7-11-22(25(21)30)26(31)32)33-27-23-16-24(29(41-3)36-28(23)35-19(2)34-27)42(39,40)38-14-12-37(13-15-38)17-20-8-5-4-6-9-20/h4-11,16,18,26,29H,12-15,17H2,1-3H3,(H2,33,34,35,36)/t18-,29?/m1/s1. The third kappa shape index (κ3) is 6.14. The number of aryl methyl sites for hydroxylation is 1. The van der Waals surface area contributed by atoms with Gasteiger partial charge in [0.25, 0.3) is 6.43 Å². The Morgan fingerprint density at radius 3 is 2.40 bits per heavy atom. The highest BCUT2D eigenvalue weighted by Crippen LogP contribution is 2.36. The minimum Gasteiger partial charge on any atom is -0.363 e. The molecule has 2 aromatic carbocycles. The maximum Gasteiger partial charge on any atom is 0.266 e. The zero-order chi connectivity index (χ0) is 30.0. The van der Waals surface area contributed by atoms with Crippen molar-refractivity contribution < 1.29 is 26.3 Å². The number of ether oxygens (including phenoxy) is 1. The Balaban J connectivity index is 1.41. The maximum absolute atomic E-state index is 14.9. The lowest BCUT2D eigenvalue weighted by atomic mass is 10.0. The van der Waals surface area contributed by atoms with E-state index in [2.05, 4.69) is 25.5 Å². The molecule has 0 amide bonds. The molecule has 0 saturated carbocycles. The Bertz CT molecular complexity index is 1560. The van der Waals surface area contributed by atoms with E-state index in [1.807, 2.05) is 30.3 Å². The lowest BCUT2D eigenvalue weighted by molar-refractivity contribution is 0.146. The molecule has 5 rings (SSSR count). The quantitative estimate of drug-likeness (QED) is 0.356. The molecule has 3 aromatic rings. The molecule has 0 bridgehead atoms. The first-order valence-corrected chi connectivity index (χ1v) is 15.0. The van der Waals surface area contributed by atoms with Gasteiger partial charge in [0.1, 0.15) is 28.2 Å². The summed E-state index contributed by atoms with van der Waals surface area (Å²) in [5, 5.41) is 6.11. The highest BCUT2D eigenvalue weighted by atomic mass is 32.2. The zero-order valence-corrected chi connectivity index (χ0v) is 24.3. The largest absolute Gasteiger partial charge is 0.363 e. The number of hydrogen-bond acceptors (Lipinski definition) is 8.